The highest BCUT2D eigenvalue weighted by Gasteiger charge is 2.13. The molecule has 1 atom stereocenters. The van der Waals surface area contributed by atoms with Crippen LogP contribution in [0.5, 0.6) is 0 Å². The summed E-state index contributed by atoms with van der Waals surface area (Å²) >= 11 is 3.61. The zero-order chi connectivity index (χ0) is 12.6. The van der Waals surface area contributed by atoms with Crippen molar-refractivity contribution in [3.8, 4) is 0 Å². The standard InChI is InChI=1S/C13H29BrN2/c1-6-13(9-14)11-16(10-12(2)3)8-7-15(4)5/h12-13H,6-11H2,1-5H3. The molecule has 0 N–H and O–H groups in total. The minimum atomic E-state index is 0.759. The number of hydrogen-bond acceptors (Lipinski definition) is 2. The molecular weight excluding hydrogens is 264 g/mol. The van der Waals surface area contributed by atoms with Crippen LogP contribution in [0.1, 0.15) is 27.2 Å². The summed E-state index contributed by atoms with van der Waals surface area (Å²) in [7, 11) is 4.30. The first-order valence-corrected chi connectivity index (χ1v) is 7.54. The van der Waals surface area contributed by atoms with Crippen LogP contribution in [0.4, 0.5) is 0 Å². The molecule has 0 fully saturated rings. The predicted octanol–water partition coefficient (Wildman–Crippen LogP) is 2.93. The van der Waals surface area contributed by atoms with Crippen LogP contribution in [0.2, 0.25) is 0 Å². The Balaban J connectivity index is 4.07. The molecule has 0 amide bonds. The van der Waals surface area contributed by atoms with Gasteiger partial charge in [-0.05, 0) is 25.9 Å². The smallest absolute Gasteiger partial charge is 0.0109 e. The van der Waals surface area contributed by atoms with Crippen molar-refractivity contribution in [1.29, 1.82) is 0 Å². The SMILES string of the molecule is CCC(CBr)CN(CCN(C)C)CC(C)C. The Hall–Kier alpha value is 0.400. The van der Waals surface area contributed by atoms with E-state index in [0.29, 0.717) is 0 Å². The van der Waals surface area contributed by atoms with E-state index in [2.05, 4.69) is 60.6 Å². The molecule has 0 aliphatic heterocycles. The Bertz CT molecular complexity index is 156. The van der Waals surface area contributed by atoms with E-state index in [1.54, 1.807) is 0 Å². The molecule has 98 valence electrons. The largest absolute Gasteiger partial charge is 0.308 e. The Morgan fingerprint density at radius 3 is 2.06 bits per heavy atom. The van der Waals surface area contributed by atoms with Crippen LogP contribution in [0.3, 0.4) is 0 Å². The molecule has 0 heterocycles. The maximum Gasteiger partial charge on any atom is 0.0109 e. The summed E-state index contributed by atoms with van der Waals surface area (Å²) in [5.41, 5.74) is 0. The highest BCUT2D eigenvalue weighted by Crippen LogP contribution is 2.10. The molecular formula is C13H29BrN2. The fourth-order valence-corrected chi connectivity index (χ4v) is 2.43. The zero-order valence-electron chi connectivity index (χ0n) is 11.7. The van der Waals surface area contributed by atoms with Gasteiger partial charge in [0, 0.05) is 31.5 Å². The fraction of sp³-hybridized carbons (Fsp3) is 1.00. The molecule has 0 rings (SSSR count). The average molecular weight is 293 g/mol. The summed E-state index contributed by atoms with van der Waals surface area (Å²) in [4.78, 5) is 4.88. The van der Waals surface area contributed by atoms with Gasteiger partial charge < -0.3 is 9.80 Å². The minimum absolute atomic E-state index is 0.759. The molecule has 0 aliphatic rings. The first kappa shape index (κ1) is 16.4. The lowest BCUT2D eigenvalue weighted by atomic mass is 10.1. The number of likely N-dealkylation sites (N-methyl/N-ethyl adjacent to an activating group) is 1. The summed E-state index contributed by atoms with van der Waals surface area (Å²) in [6.45, 7) is 11.7. The highest BCUT2D eigenvalue weighted by molar-refractivity contribution is 9.09. The molecule has 0 saturated carbocycles. The van der Waals surface area contributed by atoms with E-state index in [0.717, 1.165) is 23.7 Å². The highest BCUT2D eigenvalue weighted by atomic mass is 79.9. The van der Waals surface area contributed by atoms with E-state index in [-0.39, 0.29) is 0 Å². The Kier molecular flexibility index (Phi) is 9.67. The van der Waals surface area contributed by atoms with Gasteiger partial charge in [0.2, 0.25) is 0 Å². The van der Waals surface area contributed by atoms with Gasteiger partial charge in [-0.3, -0.25) is 0 Å². The van der Waals surface area contributed by atoms with E-state index >= 15 is 0 Å². The van der Waals surface area contributed by atoms with Crippen LogP contribution < -0.4 is 0 Å². The van der Waals surface area contributed by atoms with Crippen LogP contribution in [-0.4, -0.2) is 55.4 Å². The minimum Gasteiger partial charge on any atom is -0.308 e. The average Bonchev–Trinajstić information content (AvgIpc) is 2.21. The second-order valence-electron chi connectivity index (χ2n) is 5.39. The van der Waals surface area contributed by atoms with Gasteiger partial charge >= 0.3 is 0 Å². The zero-order valence-corrected chi connectivity index (χ0v) is 13.3. The summed E-state index contributed by atoms with van der Waals surface area (Å²) in [5, 5.41) is 1.13. The number of hydrogen-bond donors (Lipinski definition) is 0. The Morgan fingerprint density at radius 1 is 1.06 bits per heavy atom. The van der Waals surface area contributed by atoms with Gasteiger partial charge in [-0.2, -0.15) is 0 Å². The molecule has 0 aliphatic carbocycles. The molecule has 0 aromatic carbocycles. The van der Waals surface area contributed by atoms with Crippen molar-refractivity contribution in [3.63, 3.8) is 0 Å². The maximum atomic E-state index is 3.61. The van der Waals surface area contributed by atoms with Crippen molar-refractivity contribution in [1.82, 2.24) is 9.80 Å². The Morgan fingerprint density at radius 2 is 1.69 bits per heavy atom. The van der Waals surface area contributed by atoms with Crippen molar-refractivity contribution < 1.29 is 0 Å². The van der Waals surface area contributed by atoms with Crippen molar-refractivity contribution in [2.45, 2.75) is 27.2 Å². The molecule has 16 heavy (non-hydrogen) atoms. The lowest BCUT2D eigenvalue weighted by Crippen LogP contribution is -2.37. The van der Waals surface area contributed by atoms with E-state index in [1.165, 1.54) is 26.1 Å². The summed E-state index contributed by atoms with van der Waals surface area (Å²) in [6, 6.07) is 0. The third-order valence-electron chi connectivity index (χ3n) is 2.80. The number of halogens is 1. The molecule has 0 aromatic heterocycles. The van der Waals surface area contributed by atoms with Gasteiger partial charge in [0.05, 0.1) is 0 Å². The van der Waals surface area contributed by atoms with E-state index < -0.39 is 0 Å². The maximum absolute atomic E-state index is 3.61. The van der Waals surface area contributed by atoms with Gasteiger partial charge in [-0.1, -0.05) is 43.1 Å². The summed E-state index contributed by atoms with van der Waals surface area (Å²) in [6.07, 6.45) is 1.27. The summed E-state index contributed by atoms with van der Waals surface area (Å²) in [5.74, 6) is 1.55. The lowest BCUT2D eigenvalue weighted by Gasteiger charge is -2.28. The molecule has 0 aromatic rings. The second-order valence-corrected chi connectivity index (χ2v) is 6.03. The van der Waals surface area contributed by atoms with Gasteiger partial charge in [0.1, 0.15) is 0 Å². The van der Waals surface area contributed by atoms with Crippen LogP contribution in [0.15, 0.2) is 0 Å². The number of rotatable bonds is 9. The number of nitrogens with zero attached hydrogens (tertiary/aromatic N) is 2. The third kappa shape index (κ3) is 8.54. The van der Waals surface area contributed by atoms with Gasteiger partial charge in [-0.25, -0.2) is 0 Å². The second kappa shape index (κ2) is 9.43. The van der Waals surface area contributed by atoms with Crippen LogP contribution in [0, 0.1) is 11.8 Å². The fourth-order valence-electron chi connectivity index (χ4n) is 1.77. The third-order valence-corrected chi connectivity index (χ3v) is 3.71. The van der Waals surface area contributed by atoms with Gasteiger partial charge in [0.15, 0.2) is 0 Å². The molecule has 2 nitrogen and oxygen atoms in total. The normalized spacial score (nSPS) is 14.1. The molecule has 0 spiro atoms. The first-order valence-electron chi connectivity index (χ1n) is 6.42. The van der Waals surface area contributed by atoms with Crippen molar-refractivity contribution in [2.24, 2.45) is 11.8 Å². The van der Waals surface area contributed by atoms with Crippen molar-refractivity contribution >= 4 is 15.9 Å². The molecule has 0 bridgehead atoms. The van der Waals surface area contributed by atoms with E-state index in [1.807, 2.05) is 0 Å². The monoisotopic (exact) mass is 292 g/mol. The molecule has 0 radical (unpaired) electrons. The first-order chi connectivity index (χ1) is 7.49. The van der Waals surface area contributed by atoms with Crippen molar-refractivity contribution in [2.75, 3.05) is 45.6 Å². The molecule has 3 heteroatoms. The quantitative estimate of drug-likeness (QED) is 0.603. The molecule has 1 unspecified atom stereocenters. The topological polar surface area (TPSA) is 6.48 Å². The summed E-state index contributed by atoms with van der Waals surface area (Å²) < 4.78 is 0. The number of alkyl halides is 1. The molecule has 0 saturated heterocycles. The van der Waals surface area contributed by atoms with Crippen LogP contribution in [-0.2, 0) is 0 Å². The van der Waals surface area contributed by atoms with Gasteiger partial charge in [-0.15, -0.1) is 0 Å². The van der Waals surface area contributed by atoms with Crippen LogP contribution >= 0.6 is 15.9 Å². The van der Waals surface area contributed by atoms with Gasteiger partial charge in [0.25, 0.3) is 0 Å². The van der Waals surface area contributed by atoms with E-state index in [9.17, 15) is 0 Å². The predicted molar refractivity (Wildman–Crippen MR) is 77.4 cm³/mol. The van der Waals surface area contributed by atoms with Crippen molar-refractivity contribution in [3.05, 3.63) is 0 Å². The lowest BCUT2D eigenvalue weighted by molar-refractivity contribution is 0.194. The van der Waals surface area contributed by atoms with Crippen LogP contribution in [0.25, 0.3) is 0 Å². The Labute approximate surface area is 111 Å². The van der Waals surface area contributed by atoms with E-state index in [4.69, 9.17) is 0 Å².